The smallest absolute Gasteiger partial charge is 0.316 e. The van der Waals surface area contributed by atoms with Crippen LogP contribution in [0.15, 0.2) is 48.5 Å². The second-order valence-electron chi connectivity index (χ2n) is 7.73. The number of urea groups is 1. The van der Waals surface area contributed by atoms with Crippen LogP contribution in [-0.2, 0) is 0 Å². The predicted molar refractivity (Wildman–Crippen MR) is 113 cm³/mol. The Labute approximate surface area is 170 Å². The summed E-state index contributed by atoms with van der Waals surface area (Å²) in [6, 6.07) is 12.7. The highest BCUT2D eigenvalue weighted by Gasteiger charge is 2.27. The summed E-state index contributed by atoms with van der Waals surface area (Å²) in [6.45, 7) is 5.73. The molecule has 2 aromatic rings. The Morgan fingerprint density at radius 2 is 1.66 bits per heavy atom. The predicted octanol–water partition coefficient (Wildman–Crippen LogP) is 3.55. The van der Waals surface area contributed by atoms with Crippen LogP contribution in [0.3, 0.4) is 0 Å². The van der Waals surface area contributed by atoms with Crippen molar-refractivity contribution < 1.29 is 14.4 Å². The molecule has 3 rings (SSSR count). The molecule has 2 aromatic carbocycles. The van der Waals surface area contributed by atoms with Crippen LogP contribution in [0.1, 0.15) is 41.0 Å². The Bertz CT molecular complexity index is 918. The molecule has 4 amide bonds. The molecule has 2 atom stereocenters. The van der Waals surface area contributed by atoms with Gasteiger partial charge in [0, 0.05) is 24.3 Å². The fourth-order valence-electron chi connectivity index (χ4n) is 3.85. The van der Waals surface area contributed by atoms with Gasteiger partial charge in [0.25, 0.3) is 11.8 Å². The summed E-state index contributed by atoms with van der Waals surface area (Å²) < 4.78 is 0. The van der Waals surface area contributed by atoms with Crippen LogP contribution in [0, 0.1) is 11.8 Å². The van der Waals surface area contributed by atoms with E-state index in [1.165, 1.54) is 6.07 Å². The molecule has 7 heteroatoms. The Balaban J connectivity index is 1.79. The molecule has 7 nitrogen and oxygen atoms in total. The summed E-state index contributed by atoms with van der Waals surface area (Å²) in [5.74, 6) is 0.442. The van der Waals surface area contributed by atoms with Crippen molar-refractivity contribution in [3.8, 4) is 0 Å². The lowest BCUT2D eigenvalue weighted by Crippen LogP contribution is -2.42. The average Bonchev–Trinajstić information content (AvgIpc) is 2.67. The van der Waals surface area contributed by atoms with Crippen molar-refractivity contribution in [3.05, 3.63) is 59.7 Å². The Morgan fingerprint density at radius 3 is 2.34 bits per heavy atom. The van der Waals surface area contributed by atoms with Gasteiger partial charge in [-0.3, -0.25) is 9.59 Å². The normalized spacial score (nSPS) is 18.8. The first-order chi connectivity index (χ1) is 13.8. The zero-order valence-corrected chi connectivity index (χ0v) is 16.6. The SMILES string of the molecule is C[C@@H]1C[C@H](C)CN(C(=O)c2ccccc2NC(=O)c2cccc(NC(N)=O)c2)C1. The molecule has 0 saturated carbocycles. The molecule has 0 bridgehead atoms. The van der Waals surface area contributed by atoms with Crippen LogP contribution >= 0.6 is 0 Å². The number of nitrogens with two attached hydrogens (primary N) is 1. The molecule has 1 saturated heterocycles. The number of carbonyl (C=O) groups excluding carboxylic acids is 3. The quantitative estimate of drug-likeness (QED) is 0.738. The summed E-state index contributed by atoms with van der Waals surface area (Å²) in [6.07, 6.45) is 1.11. The second-order valence-corrected chi connectivity index (χ2v) is 7.73. The zero-order chi connectivity index (χ0) is 21.0. The lowest BCUT2D eigenvalue weighted by atomic mass is 9.91. The second kappa shape index (κ2) is 8.77. The number of likely N-dealkylation sites (tertiary alicyclic amines) is 1. The van der Waals surface area contributed by atoms with Crippen LogP contribution < -0.4 is 16.4 Å². The summed E-state index contributed by atoms with van der Waals surface area (Å²) in [4.78, 5) is 38.7. The molecule has 152 valence electrons. The van der Waals surface area contributed by atoms with Gasteiger partial charge in [-0.25, -0.2) is 4.79 Å². The molecule has 1 aliphatic heterocycles. The fraction of sp³-hybridized carbons (Fsp3) is 0.318. The molecule has 1 fully saturated rings. The minimum atomic E-state index is -0.705. The van der Waals surface area contributed by atoms with E-state index in [4.69, 9.17) is 5.73 Å². The number of hydrogen-bond donors (Lipinski definition) is 3. The van der Waals surface area contributed by atoms with E-state index in [-0.39, 0.29) is 11.8 Å². The van der Waals surface area contributed by atoms with Gasteiger partial charge >= 0.3 is 6.03 Å². The van der Waals surface area contributed by atoms with Crippen LogP contribution in [0.4, 0.5) is 16.2 Å². The molecule has 4 N–H and O–H groups in total. The number of anilines is 2. The van der Waals surface area contributed by atoms with E-state index in [9.17, 15) is 14.4 Å². The molecular weight excluding hydrogens is 368 g/mol. The van der Waals surface area contributed by atoms with Crippen LogP contribution in [-0.4, -0.2) is 35.8 Å². The number of hydrogen-bond acceptors (Lipinski definition) is 3. The van der Waals surface area contributed by atoms with E-state index in [1.54, 1.807) is 42.5 Å². The number of carbonyl (C=O) groups is 3. The van der Waals surface area contributed by atoms with Gasteiger partial charge in [-0.2, -0.15) is 0 Å². The van der Waals surface area contributed by atoms with Gasteiger partial charge in [0.05, 0.1) is 11.3 Å². The van der Waals surface area contributed by atoms with Crippen molar-refractivity contribution in [2.45, 2.75) is 20.3 Å². The molecule has 0 aliphatic carbocycles. The van der Waals surface area contributed by atoms with Crippen molar-refractivity contribution in [1.29, 1.82) is 0 Å². The van der Waals surface area contributed by atoms with E-state index in [1.807, 2.05) is 4.90 Å². The average molecular weight is 394 g/mol. The third kappa shape index (κ3) is 5.13. The summed E-state index contributed by atoms with van der Waals surface area (Å²) >= 11 is 0. The van der Waals surface area contributed by atoms with Crippen molar-refractivity contribution in [2.75, 3.05) is 23.7 Å². The number of nitrogens with zero attached hydrogens (tertiary/aromatic N) is 1. The van der Waals surface area contributed by atoms with Gasteiger partial charge < -0.3 is 21.3 Å². The monoisotopic (exact) mass is 394 g/mol. The first-order valence-corrected chi connectivity index (χ1v) is 9.69. The number of amides is 4. The van der Waals surface area contributed by atoms with Gasteiger partial charge in [0.2, 0.25) is 0 Å². The van der Waals surface area contributed by atoms with E-state index in [0.717, 1.165) is 6.42 Å². The number of para-hydroxylation sites is 1. The van der Waals surface area contributed by atoms with Crippen LogP contribution in [0.25, 0.3) is 0 Å². The maximum absolute atomic E-state index is 13.1. The van der Waals surface area contributed by atoms with Crippen molar-refractivity contribution in [3.63, 3.8) is 0 Å². The van der Waals surface area contributed by atoms with Crippen molar-refractivity contribution >= 4 is 29.2 Å². The van der Waals surface area contributed by atoms with Gasteiger partial charge in [0.1, 0.15) is 0 Å². The standard InChI is InChI=1S/C22H26N4O3/c1-14-10-15(2)13-26(12-14)21(28)18-8-3-4-9-19(18)25-20(27)16-6-5-7-17(11-16)24-22(23)29/h3-9,11,14-15H,10,12-13H2,1-2H3,(H,25,27)(H3,23,24,29)/t14-,15+. The van der Waals surface area contributed by atoms with Gasteiger partial charge in [0.15, 0.2) is 0 Å². The fourth-order valence-corrected chi connectivity index (χ4v) is 3.85. The molecular formula is C22H26N4O3. The minimum absolute atomic E-state index is 0.0801. The third-order valence-electron chi connectivity index (χ3n) is 4.95. The van der Waals surface area contributed by atoms with E-state index < -0.39 is 6.03 Å². The number of rotatable bonds is 4. The molecule has 0 spiro atoms. The van der Waals surface area contributed by atoms with Gasteiger partial charge in [-0.05, 0) is 48.6 Å². The number of piperidine rings is 1. The van der Waals surface area contributed by atoms with Crippen LogP contribution in [0.2, 0.25) is 0 Å². The molecule has 0 aromatic heterocycles. The number of benzene rings is 2. The molecule has 0 radical (unpaired) electrons. The lowest BCUT2D eigenvalue weighted by Gasteiger charge is -2.35. The molecule has 29 heavy (non-hydrogen) atoms. The largest absolute Gasteiger partial charge is 0.351 e. The first-order valence-electron chi connectivity index (χ1n) is 9.69. The van der Waals surface area contributed by atoms with Crippen molar-refractivity contribution in [1.82, 2.24) is 4.90 Å². The zero-order valence-electron chi connectivity index (χ0n) is 16.6. The van der Waals surface area contributed by atoms with E-state index in [2.05, 4.69) is 24.5 Å². The number of primary amides is 1. The first kappa shape index (κ1) is 20.4. The van der Waals surface area contributed by atoms with Gasteiger partial charge in [-0.15, -0.1) is 0 Å². The Kier molecular flexibility index (Phi) is 6.16. The van der Waals surface area contributed by atoms with E-state index >= 15 is 0 Å². The highest BCUT2D eigenvalue weighted by molar-refractivity contribution is 6.09. The molecule has 1 heterocycles. The summed E-state index contributed by atoms with van der Waals surface area (Å²) in [7, 11) is 0. The van der Waals surface area contributed by atoms with E-state index in [0.29, 0.717) is 47.4 Å². The Morgan fingerprint density at radius 1 is 0.966 bits per heavy atom. The van der Waals surface area contributed by atoms with Gasteiger partial charge in [-0.1, -0.05) is 32.0 Å². The summed E-state index contributed by atoms with van der Waals surface area (Å²) in [5.41, 5.74) is 6.82. The van der Waals surface area contributed by atoms with Crippen LogP contribution in [0.5, 0.6) is 0 Å². The number of nitrogens with one attached hydrogen (secondary N) is 2. The minimum Gasteiger partial charge on any atom is -0.351 e. The highest BCUT2D eigenvalue weighted by atomic mass is 16.2. The van der Waals surface area contributed by atoms with Crippen molar-refractivity contribution in [2.24, 2.45) is 17.6 Å². The maximum Gasteiger partial charge on any atom is 0.316 e. The lowest BCUT2D eigenvalue weighted by molar-refractivity contribution is 0.0624. The molecule has 1 aliphatic rings. The third-order valence-corrected chi connectivity index (χ3v) is 4.95. The molecule has 0 unspecified atom stereocenters. The maximum atomic E-state index is 13.1. The highest BCUT2D eigenvalue weighted by Crippen LogP contribution is 2.25. The Hall–Kier alpha value is -3.35. The topological polar surface area (TPSA) is 105 Å². The summed E-state index contributed by atoms with van der Waals surface area (Å²) in [5, 5.41) is 5.26.